The molecular weight excluding hydrogens is 178 g/mol. The van der Waals surface area contributed by atoms with E-state index in [0.717, 1.165) is 11.8 Å². The number of rotatable bonds is 1. The molecule has 2 heteroatoms. The number of hydrogen-bond donors (Lipinski definition) is 0. The Hall–Kier alpha value is -0.370. The molecule has 1 aromatic heterocycles. The highest BCUT2D eigenvalue weighted by molar-refractivity contribution is 7.11. The Morgan fingerprint density at radius 1 is 1.46 bits per heavy atom. The lowest BCUT2D eigenvalue weighted by Gasteiger charge is -2.24. The lowest BCUT2D eigenvalue weighted by atomic mass is 9.83. The molecule has 0 spiro atoms. The number of fused-ring (bicyclic) bond motifs is 1. The number of nitrogens with zero attached hydrogens (tertiary/aromatic N) is 1. The fourth-order valence-electron chi connectivity index (χ4n) is 2.10. The van der Waals surface area contributed by atoms with Gasteiger partial charge in [-0.1, -0.05) is 13.8 Å². The summed E-state index contributed by atoms with van der Waals surface area (Å²) >= 11 is 1.89. The van der Waals surface area contributed by atoms with E-state index in [1.165, 1.54) is 30.0 Å². The standard InChI is InChI=1S/C11H17NS/c1-7(2)9-4-5-11-10(6-9)12-8(3)13-11/h7,9H,4-6H2,1-3H3. The van der Waals surface area contributed by atoms with E-state index in [0.29, 0.717) is 0 Å². The third kappa shape index (κ3) is 1.78. The summed E-state index contributed by atoms with van der Waals surface area (Å²) in [4.78, 5) is 6.15. The van der Waals surface area contributed by atoms with Crippen molar-refractivity contribution in [1.29, 1.82) is 0 Å². The van der Waals surface area contributed by atoms with E-state index in [1.807, 2.05) is 11.3 Å². The van der Waals surface area contributed by atoms with Gasteiger partial charge in [0.1, 0.15) is 0 Å². The monoisotopic (exact) mass is 195 g/mol. The van der Waals surface area contributed by atoms with Gasteiger partial charge in [-0.3, -0.25) is 0 Å². The highest BCUT2D eigenvalue weighted by Gasteiger charge is 2.23. The van der Waals surface area contributed by atoms with Crippen molar-refractivity contribution < 1.29 is 0 Å². The predicted octanol–water partition coefficient (Wildman–Crippen LogP) is 3.21. The first-order valence-corrected chi connectivity index (χ1v) is 5.93. The van der Waals surface area contributed by atoms with Crippen molar-refractivity contribution >= 4 is 11.3 Å². The molecule has 1 heterocycles. The van der Waals surface area contributed by atoms with Crippen LogP contribution in [0.4, 0.5) is 0 Å². The maximum atomic E-state index is 4.60. The summed E-state index contributed by atoms with van der Waals surface area (Å²) in [6.07, 6.45) is 3.85. The Bertz CT molecular complexity index is 301. The highest BCUT2D eigenvalue weighted by atomic mass is 32.1. The second-order valence-electron chi connectivity index (χ2n) is 4.35. The Balaban J connectivity index is 2.19. The van der Waals surface area contributed by atoms with E-state index in [4.69, 9.17) is 0 Å². The van der Waals surface area contributed by atoms with Crippen LogP contribution in [0.2, 0.25) is 0 Å². The highest BCUT2D eigenvalue weighted by Crippen LogP contribution is 2.32. The molecule has 0 saturated heterocycles. The predicted molar refractivity (Wildman–Crippen MR) is 57.2 cm³/mol. The smallest absolute Gasteiger partial charge is 0.0900 e. The van der Waals surface area contributed by atoms with Crippen molar-refractivity contribution in [3.8, 4) is 0 Å². The SMILES string of the molecule is Cc1nc2c(s1)CCC(C(C)C)C2. The zero-order valence-corrected chi connectivity index (χ0v) is 9.45. The Kier molecular flexibility index (Phi) is 2.41. The fraction of sp³-hybridized carbons (Fsp3) is 0.727. The number of aryl methyl sites for hydroxylation is 2. The van der Waals surface area contributed by atoms with Crippen LogP contribution >= 0.6 is 11.3 Å². The van der Waals surface area contributed by atoms with Crippen LogP contribution in [0.5, 0.6) is 0 Å². The van der Waals surface area contributed by atoms with E-state index in [2.05, 4.69) is 25.8 Å². The van der Waals surface area contributed by atoms with Crippen molar-refractivity contribution in [2.75, 3.05) is 0 Å². The molecular formula is C11H17NS. The van der Waals surface area contributed by atoms with Crippen LogP contribution < -0.4 is 0 Å². The molecule has 0 N–H and O–H groups in total. The molecule has 0 amide bonds. The molecule has 0 fully saturated rings. The molecule has 1 aliphatic rings. The molecule has 72 valence electrons. The van der Waals surface area contributed by atoms with Crippen LogP contribution in [-0.4, -0.2) is 4.98 Å². The third-order valence-electron chi connectivity index (χ3n) is 3.03. The molecule has 1 aromatic rings. The van der Waals surface area contributed by atoms with Gasteiger partial charge in [0.15, 0.2) is 0 Å². The maximum Gasteiger partial charge on any atom is 0.0900 e. The van der Waals surface area contributed by atoms with Gasteiger partial charge in [-0.2, -0.15) is 0 Å². The zero-order chi connectivity index (χ0) is 9.42. The van der Waals surface area contributed by atoms with Crippen LogP contribution in [0.3, 0.4) is 0 Å². The number of thiazole rings is 1. The molecule has 0 bridgehead atoms. The molecule has 0 aliphatic heterocycles. The molecule has 13 heavy (non-hydrogen) atoms. The van der Waals surface area contributed by atoms with Crippen LogP contribution in [0.1, 0.15) is 35.8 Å². The second kappa shape index (κ2) is 3.41. The van der Waals surface area contributed by atoms with E-state index in [9.17, 15) is 0 Å². The molecule has 0 aromatic carbocycles. The Morgan fingerprint density at radius 3 is 2.92 bits per heavy atom. The molecule has 1 atom stereocenters. The molecule has 1 unspecified atom stereocenters. The van der Waals surface area contributed by atoms with Gasteiger partial charge in [0.2, 0.25) is 0 Å². The van der Waals surface area contributed by atoms with Gasteiger partial charge in [-0.25, -0.2) is 4.98 Å². The van der Waals surface area contributed by atoms with E-state index >= 15 is 0 Å². The molecule has 1 nitrogen and oxygen atoms in total. The zero-order valence-electron chi connectivity index (χ0n) is 8.63. The van der Waals surface area contributed by atoms with Gasteiger partial charge in [-0.15, -0.1) is 11.3 Å². The molecule has 0 saturated carbocycles. The molecule has 1 aliphatic carbocycles. The minimum absolute atomic E-state index is 0.815. The summed E-state index contributed by atoms with van der Waals surface area (Å²) in [5.74, 6) is 1.68. The van der Waals surface area contributed by atoms with Gasteiger partial charge < -0.3 is 0 Å². The van der Waals surface area contributed by atoms with Crippen molar-refractivity contribution in [2.45, 2.75) is 40.0 Å². The first-order valence-electron chi connectivity index (χ1n) is 5.12. The lowest BCUT2D eigenvalue weighted by molar-refractivity contribution is 0.341. The summed E-state index contributed by atoms with van der Waals surface area (Å²) < 4.78 is 0. The first-order chi connectivity index (χ1) is 6.16. The van der Waals surface area contributed by atoms with E-state index < -0.39 is 0 Å². The van der Waals surface area contributed by atoms with Gasteiger partial charge in [0, 0.05) is 4.88 Å². The molecule has 0 radical (unpaired) electrons. The normalized spacial score (nSPS) is 22.0. The number of aromatic nitrogens is 1. The largest absolute Gasteiger partial charge is 0.246 e. The maximum absolute atomic E-state index is 4.60. The first kappa shape index (κ1) is 9.20. The van der Waals surface area contributed by atoms with Crippen LogP contribution in [0.25, 0.3) is 0 Å². The van der Waals surface area contributed by atoms with Crippen molar-refractivity contribution in [3.63, 3.8) is 0 Å². The minimum Gasteiger partial charge on any atom is -0.246 e. The Labute approximate surface area is 84.2 Å². The van der Waals surface area contributed by atoms with Gasteiger partial charge in [0.05, 0.1) is 10.7 Å². The fourth-order valence-corrected chi connectivity index (χ4v) is 3.08. The van der Waals surface area contributed by atoms with E-state index in [1.54, 1.807) is 4.88 Å². The number of hydrogen-bond acceptors (Lipinski definition) is 2. The third-order valence-corrected chi connectivity index (χ3v) is 4.10. The topological polar surface area (TPSA) is 12.9 Å². The summed E-state index contributed by atoms with van der Waals surface area (Å²) in [7, 11) is 0. The van der Waals surface area contributed by atoms with Gasteiger partial charge >= 0.3 is 0 Å². The quantitative estimate of drug-likeness (QED) is 0.670. The van der Waals surface area contributed by atoms with Gasteiger partial charge in [0.25, 0.3) is 0 Å². The summed E-state index contributed by atoms with van der Waals surface area (Å²) in [6, 6.07) is 0. The molecule has 2 rings (SSSR count). The summed E-state index contributed by atoms with van der Waals surface area (Å²) in [5, 5.41) is 1.24. The van der Waals surface area contributed by atoms with Crippen molar-refractivity contribution in [1.82, 2.24) is 4.98 Å². The van der Waals surface area contributed by atoms with E-state index in [-0.39, 0.29) is 0 Å². The van der Waals surface area contributed by atoms with Crippen LogP contribution in [-0.2, 0) is 12.8 Å². The summed E-state index contributed by atoms with van der Waals surface area (Å²) in [5.41, 5.74) is 1.40. The summed E-state index contributed by atoms with van der Waals surface area (Å²) in [6.45, 7) is 6.77. The van der Waals surface area contributed by atoms with Crippen LogP contribution in [0, 0.1) is 18.8 Å². The van der Waals surface area contributed by atoms with Crippen molar-refractivity contribution in [3.05, 3.63) is 15.6 Å². The lowest BCUT2D eigenvalue weighted by Crippen LogP contribution is -2.18. The van der Waals surface area contributed by atoms with Crippen molar-refractivity contribution in [2.24, 2.45) is 11.8 Å². The average molecular weight is 195 g/mol. The van der Waals surface area contributed by atoms with Gasteiger partial charge in [-0.05, 0) is 38.0 Å². The average Bonchev–Trinajstić information content (AvgIpc) is 2.42. The Morgan fingerprint density at radius 2 is 2.23 bits per heavy atom. The van der Waals surface area contributed by atoms with Crippen LogP contribution in [0.15, 0.2) is 0 Å². The second-order valence-corrected chi connectivity index (χ2v) is 5.64. The minimum atomic E-state index is 0.815.